The SMILES string of the molecule is O=C(O)c1cc(SCCCCCCO)ccn1. The van der Waals surface area contributed by atoms with Crippen molar-refractivity contribution in [2.75, 3.05) is 12.4 Å². The van der Waals surface area contributed by atoms with E-state index in [1.54, 1.807) is 17.8 Å². The van der Waals surface area contributed by atoms with Crippen LogP contribution < -0.4 is 0 Å². The van der Waals surface area contributed by atoms with Gasteiger partial charge in [-0.05, 0) is 30.7 Å². The first-order chi connectivity index (χ1) is 8.24. The van der Waals surface area contributed by atoms with Gasteiger partial charge in [-0.25, -0.2) is 9.78 Å². The average Bonchev–Trinajstić information content (AvgIpc) is 2.34. The molecule has 1 aromatic heterocycles. The van der Waals surface area contributed by atoms with Crippen molar-refractivity contribution in [1.82, 2.24) is 4.98 Å². The predicted octanol–water partition coefficient (Wildman–Crippen LogP) is 2.42. The van der Waals surface area contributed by atoms with Gasteiger partial charge in [0.15, 0.2) is 0 Å². The first-order valence-electron chi connectivity index (χ1n) is 5.67. The minimum absolute atomic E-state index is 0.0929. The fourth-order valence-electron chi connectivity index (χ4n) is 1.38. The first kappa shape index (κ1) is 14.0. The number of aliphatic hydroxyl groups excluding tert-OH is 1. The third kappa shape index (κ3) is 5.70. The quantitative estimate of drug-likeness (QED) is 0.551. The van der Waals surface area contributed by atoms with Gasteiger partial charge in [0.05, 0.1) is 0 Å². The van der Waals surface area contributed by atoms with E-state index >= 15 is 0 Å². The predicted molar refractivity (Wildman–Crippen MR) is 67.5 cm³/mol. The first-order valence-corrected chi connectivity index (χ1v) is 6.65. The number of aromatic carboxylic acids is 1. The number of aromatic nitrogens is 1. The van der Waals surface area contributed by atoms with E-state index in [0.29, 0.717) is 0 Å². The van der Waals surface area contributed by atoms with E-state index < -0.39 is 5.97 Å². The summed E-state index contributed by atoms with van der Waals surface area (Å²) in [7, 11) is 0. The van der Waals surface area contributed by atoms with Gasteiger partial charge in [0, 0.05) is 17.7 Å². The highest BCUT2D eigenvalue weighted by Gasteiger charge is 2.04. The van der Waals surface area contributed by atoms with Crippen LogP contribution in [-0.4, -0.2) is 33.5 Å². The number of carbonyl (C=O) groups is 1. The monoisotopic (exact) mass is 255 g/mol. The van der Waals surface area contributed by atoms with E-state index in [9.17, 15) is 4.79 Å². The van der Waals surface area contributed by atoms with Crippen molar-refractivity contribution in [2.24, 2.45) is 0 Å². The van der Waals surface area contributed by atoms with E-state index in [-0.39, 0.29) is 12.3 Å². The molecule has 1 aromatic rings. The molecule has 2 N–H and O–H groups in total. The number of thioether (sulfide) groups is 1. The van der Waals surface area contributed by atoms with Gasteiger partial charge in [-0.2, -0.15) is 0 Å². The summed E-state index contributed by atoms with van der Waals surface area (Å²) in [5, 5.41) is 17.4. The Kier molecular flexibility index (Phi) is 6.65. The lowest BCUT2D eigenvalue weighted by Gasteiger charge is -2.02. The van der Waals surface area contributed by atoms with Gasteiger partial charge < -0.3 is 10.2 Å². The topological polar surface area (TPSA) is 70.4 Å². The highest BCUT2D eigenvalue weighted by atomic mass is 32.2. The van der Waals surface area contributed by atoms with Gasteiger partial charge in [0.25, 0.3) is 0 Å². The zero-order valence-electron chi connectivity index (χ0n) is 9.63. The molecule has 94 valence electrons. The summed E-state index contributed by atoms with van der Waals surface area (Å²) in [4.78, 5) is 15.4. The van der Waals surface area contributed by atoms with Crippen molar-refractivity contribution in [2.45, 2.75) is 30.6 Å². The largest absolute Gasteiger partial charge is 0.477 e. The van der Waals surface area contributed by atoms with Crippen molar-refractivity contribution < 1.29 is 15.0 Å². The molecule has 1 rings (SSSR count). The van der Waals surface area contributed by atoms with Gasteiger partial charge in [0.1, 0.15) is 5.69 Å². The van der Waals surface area contributed by atoms with E-state index in [1.807, 2.05) is 6.07 Å². The molecular weight excluding hydrogens is 238 g/mol. The van der Waals surface area contributed by atoms with Crippen LogP contribution >= 0.6 is 11.8 Å². The zero-order chi connectivity index (χ0) is 12.5. The van der Waals surface area contributed by atoms with E-state index in [0.717, 1.165) is 36.3 Å². The normalized spacial score (nSPS) is 10.4. The van der Waals surface area contributed by atoms with Crippen LogP contribution in [0.25, 0.3) is 0 Å². The Morgan fingerprint density at radius 3 is 2.76 bits per heavy atom. The summed E-state index contributed by atoms with van der Waals surface area (Å²) in [6, 6.07) is 3.42. The molecule has 1 heterocycles. The maximum absolute atomic E-state index is 10.7. The lowest BCUT2D eigenvalue weighted by molar-refractivity contribution is 0.0690. The summed E-state index contributed by atoms with van der Waals surface area (Å²) in [6.45, 7) is 0.263. The van der Waals surface area contributed by atoms with Crippen molar-refractivity contribution in [3.8, 4) is 0 Å². The van der Waals surface area contributed by atoms with Crippen LogP contribution in [0.3, 0.4) is 0 Å². The Balaban J connectivity index is 2.27. The van der Waals surface area contributed by atoms with E-state index in [2.05, 4.69) is 4.98 Å². The highest BCUT2D eigenvalue weighted by Crippen LogP contribution is 2.19. The Morgan fingerprint density at radius 2 is 2.06 bits per heavy atom. The number of pyridine rings is 1. The lowest BCUT2D eigenvalue weighted by Crippen LogP contribution is -1.99. The van der Waals surface area contributed by atoms with Gasteiger partial charge in [-0.15, -0.1) is 11.8 Å². The fourth-order valence-corrected chi connectivity index (χ4v) is 2.31. The second kappa shape index (κ2) is 8.08. The molecule has 0 amide bonds. The molecule has 0 aromatic carbocycles. The smallest absolute Gasteiger partial charge is 0.354 e. The minimum atomic E-state index is -0.990. The van der Waals surface area contributed by atoms with Gasteiger partial charge >= 0.3 is 5.97 Å². The van der Waals surface area contributed by atoms with Crippen molar-refractivity contribution in [3.05, 3.63) is 24.0 Å². The molecule has 0 saturated heterocycles. The standard InChI is InChI=1S/C12H17NO3S/c14-7-3-1-2-4-8-17-10-5-6-13-11(9-10)12(15)16/h5-6,9,14H,1-4,7-8H2,(H,15,16). The number of hydrogen-bond donors (Lipinski definition) is 2. The van der Waals surface area contributed by atoms with Crippen LogP contribution in [0.4, 0.5) is 0 Å². The summed E-state index contributed by atoms with van der Waals surface area (Å²) < 4.78 is 0. The Labute approximate surface area is 105 Å². The second-order valence-electron chi connectivity index (χ2n) is 3.67. The molecule has 0 aliphatic rings. The van der Waals surface area contributed by atoms with Crippen LogP contribution in [-0.2, 0) is 0 Å². The summed E-state index contributed by atoms with van der Waals surface area (Å²) in [5.41, 5.74) is 0.0929. The molecule has 4 nitrogen and oxygen atoms in total. The summed E-state index contributed by atoms with van der Waals surface area (Å²) in [6.07, 6.45) is 5.62. The van der Waals surface area contributed by atoms with Crippen molar-refractivity contribution in [1.29, 1.82) is 0 Å². The number of nitrogens with zero attached hydrogens (tertiary/aromatic N) is 1. The molecule has 0 aliphatic carbocycles. The van der Waals surface area contributed by atoms with E-state index in [4.69, 9.17) is 10.2 Å². The third-order valence-corrected chi connectivity index (χ3v) is 3.35. The highest BCUT2D eigenvalue weighted by molar-refractivity contribution is 7.99. The maximum atomic E-state index is 10.7. The molecule has 0 bridgehead atoms. The molecule has 0 aliphatic heterocycles. The molecule has 0 radical (unpaired) electrons. The summed E-state index contributed by atoms with van der Waals surface area (Å²) >= 11 is 1.64. The van der Waals surface area contributed by atoms with Crippen LogP contribution in [0.15, 0.2) is 23.2 Å². The van der Waals surface area contributed by atoms with Crippen molar-refractivity contribution in [3.63, 3.8) is 0 Å². The second-order valence-corrected chi connectivity index (χ2v) is 4.84. The Morgan fingerprint density at radius 1 is 1.29 bits per heavy atom. The molecular formula is C12H17NO3S. The lowest BCUT2D eigenvalue weighted by atomic mass is 10.2. The number of hydrogen-bond acceptors (Lipinski definition) is 4. The number of carboxylic acid groups (broad SMARTS) is 1. The number of rotatable bonds is 8. The molecule has 0 saturated carbocycles. The van der Waals surface area contributed by atoms with Crippen LogP contribution in [0.5, 0.6) is 0 Å². The zero-order valence-corrected chi connectivity index (χ0v) is 10.4. The maximum Gasteiger partial charge on any atom is 0.354 e. The minimum Gasteiger partial charge on any atom is -0.477 e. The fraction of sp³-hybridized carbons (Fsp3) is 0.500. The van der Waals surface area contributed by atoms with Gasteiger partial charge in [-0.3, -0.25) is 0 Å². The molecule has 0 atom stereocenters. The average molecular weight is 255 g/mol. The molecule has 5 heteroatoms. The van der Waals surface area contributed by atoms with Crippen molar-refractivity contribution >= 4 is 17.7 Å². The number of aliphatic hydroxyl groups is 1. The molecule has 0 unspecified atom stereocenters. The molecule has 0 fully saturated rings. The van der Waals surface area contributed by atoms with Crippen LogP contribution in [0.2, 0.25) is 0 Å². The van der Waals surface area contributed by atoms with Crippen LogP contribution in [0.1, 0.15) is 36.2 Å². The van der Waals surface area contributed by atoms with Gasteiger partial charge in [0.2, 0.25) is 0 Å². The number of unbranched alkanes of at least 4 members (excludes halogenated alkanes) is 3. The third-order valence-electron chi connectivity index (χ3n) is 2.27. The molecule has 17 heavy (non-hydrogen) atoms. The molecule has 0 spiro atoms. The van der Waals surface area contributed by atoms with Gasteiger partial charge in [-0.1, -0.05) is 12.8 Å². The Hall–Kier alpha value is -1.07. The van der Waals surface area contributed by atoms with E-state index in [1.165, 1.54) is 6.20 Å². The van der Waals surface area contributed by atoms with Crippen LogP contribution in [0, 0.1) is 0 Å². The Bertz CT molecular complexity index is 357. The summed E-state index contributed by atoms with van der Waals surface area (Å²) in [5.74, 6) is -0.0236. The number of carboxylic acids is 1.